The fourth-order valence-corrected chi connectivity index (χ4v) is 2.86. The molecule has 116 valence electrons. The van der Waals surface area contributed by atoms with Crippen molar-refractivity contribution in [1.82, 2.24) is 19.9 Å². The molecule has 0 spiro atoms. The Morgan fingerprint density at radius 1 is 1.35 bits per heavy atom. The SMILES string of the molecule is Cn1c(C2CC2)nc2cc(CNC(=O)c3cccnc3)ccc21. The van der Waals surface area contributed by atoms with Gasteiger partial charge in [0.2, 0.25) is 0 Å². The Labute approximate surface area is 134 Å². The largest absolute Gasteiger partial charge is 0.348 e. The summed E-state index contributed by atoms with van der Waals surface area (Å²) in [5, 5.41) is 2.92. The van der Waals surface area contributed by atoms with Gasteiger partial charge in [0.15, 0.2) is 0 Å². The Kier molecular flexibility index (Phi) is 3.33. The van der Waals surface area contributed by atoms with Crippen LogP contribution < -0.4 is 5.32 Å². The summed E-state index contributed by atoms with van der Waals surface area (Å²) in [5.41, 5.74) is 3.77. The van der Waals surface area contributed by atoms with Gasteiger partial charge in [-0.25, -0.2) is 4.98 Å². The van der Waals surface area contributed by atoms with E-state index in [0.717, 1.165) is 16.6 Å². The number of nitrogens with one attached hydrogen (secondary N) is 1. The van der Waals surface area contributed by atoms with Crippen LogP contribution in [0.4, 0.5) is 0 Å². The summed E-state index contributed by atoms with van der Waals surface area (Å²) in [7, 11) is 2.08. The number of hydrogen-bond donors (Lipinski definition) is 1. The zero-order valence-electron chi connectivity index (χ0n) is 13.0. The van der Waals surface area contributed by atoms with Crippen molar-refractivity contribution in [2.75, 3.05) is 0 Å². The summed E-state index contributed by atoms with van der Waals surface area (Å²) in [6.07, 6.45) is 5.71. The van der Waals surface area contributed by atoms with E-state index in [2.05, 4.69) is 34.0 Å². The Hall–Kier alpha value is -2.69. The van der Waals surface area contributed by atoms with Crippen LogP contribution in [0, 0.1) is 0 Å². The lowest BCUT2D eigenvalue weighted by molar-refractivity contribution is 0.0950. The third-order valence-corrected chi connectivity index (χ3v) is 4.30. The maximum absolute atomic E-state index is 12.1. The number of pyridine rings is 1. The molecule has 1 aliphatic carbocycles. The molecular formula is C18H18N4O. The number of fused-ring (bicyclic) bond motifs is 1. The minimum Gasteiger partial charge on any atom is -0.348 e. The standard InChI is InChI=1S/C18H18N4O/c1-22-16-7-4-12(9-15(16)21-17(22)13-5-6-13)10-20-18(23)14-3-2-8-19-11-14/h2-4,7-9,11,13H,5-6,10H2,1H3,(H,20,23). The van der Waals surface area contributed by atoms with E-state index in [-0.39, 0.29) is 5.91 Å². The van der Waals surface area contributed by atoms with E-state index in [4.69, 9.17) is 4.98 Å². The minimum absolute atomic E-state index is 0.113. The molecule has 1 aromatic carbocycles. The molecule has 0 aliphatic heterocycles. The minimum atomic E-state index is -0.113. The first-order chi connectivity index (χ1) is 11.2. The van der Waals surface area contributed by atoms with Crippen LogP contribution in [0.3, 0.4) is 0 Å². The highest BCUT2D eigenvalue weighted by Crippen LogP contribution is 2.40. The van der Waals surface area contributed by atoms with Crippen molar-refractivity contribution in [2.24, 2.45) is 7.05 Å². The number of rotatable bonds is 4. The van der Waals surface area contributed by atoms with Gasteiger partial charge in [0, 0.05) is 31.9 Å². The molecule has 1 amide bonds. The van der Waals surface area contributed by atoms with Gasteiger partial charge < -0.3 is 9.88 Å². The van der Waals surface area contributed by atoms with Crippen molar-refractivity contribution in [3.63, 3.8) is 0 Å². The van der Waals surface area contributed by atoms with Gasteiger partial charge in [-0.3, -0.25) is 9.78 Å². The second-order valence-electron chi connectivity index (χ2n) is 6.05. The fraction of sp³-hybridized carbons (Fsp3) is 0.278. The summed E-state index contributed by atoms with van der Waals surface area (Å²) in [5.74, 6) is 1.69. The van der Waals surface area contributed by atoms with Gasteiger partial charge >= 0.3 is 0 Å². The molecule has 2 aromatic heterocycles. The quantitative estimate of drug-likeness (QED) is 0.806. The third kappa shape index (κ3) is 2.70. The first kappa shape index (κ1) is 13.9. The van der Waals surface area contributed by atoms with E-state index in [1.165, 1.54) is 18.7 Å². The summed E-state index contributed by atoms with van der Waals surface area (Å²) in [6.45, 7) is 0.485. The molecule has 3 aromatic rings. The topological polar surface area (TPSA) is 59.8 Å². The summed E-state index contributed by atoms with van der Waals surface area (Å²) in [4.78, 5) is 20.8. The molecule has 5 nitrogen and oxygen atoms in total. The first-order valence-electron chi connectivity index (χ1n) is 7.86. The van der Waals surface area contributed by atoms with Gasteiger partial charge in [-0.1, -0.05) is 6.07 Å². The molecule has 2 heterocycles. The van der Waals surface area contributed by atoms with Crippen molar-refractivity contribution in [1.29, 1.82) is 0 Å². The van der Waals surface area contributed by atoms with Crippen molar-refractivity contribution in [3.8, 4) is 0 Å². The average Bonchev–Trinajstić information content (AvgIpc) is 3.38. The molecule has 0 atom stereocenters. The van der Waals surface area contributed by atoms with Crippen LogP contribution in [0.1, 0.15) is 40.5 Å². The van der Waals surface area contributed by atoms with Gasteiger partial charge in [-0.15, -0.1) is 0 Å². The Morgan fingerprint density at radius 3 is 2.96 bits per heavy atom. The van der Waals surface area contributed by atoms with Crippen LogP contribution >= 0.6 is 0 Å². The maximum Gasteiger partial charge on any atom is 0.253 e. The van der Waals surface area contributed by atoms with E-state index in [1.54, 1.807) is 24.5 Å². The molecule has 0 radical (unpaired) electrons. The second kappa shape index (κ2) is 5.50. The van der Waals surface area contributed by atoms with Crippen LogP contribution in [0.25, 0.3) is 11.0 Å². The number of aryl methyl sites for hydroxylation is 1. The molecule has 1 fully saturated rings. The Bertz CT molecular complexity index is 865. The van der Waals surface area contributed by atoms with Crippen molar-refractivity contribution < 1.29 is 4.79 Å². The van der Waals surface area contributed by atoms with Crippen molar-refractivity contribution in [3.05, 3.63) is 59.7 Å². The maximum atomic E-state index is 12.1. The van der Waals surface area contributed by atoms with E-state index < -0.39 is 0 Å². The molecule has 1 N–H and O–H groups in total. The zero-order valence-corrected chi connectivity index (χ0v) is 13.0. The number of carbonyl (C=O) groups is 1. The van der Waals surface area contributed by atoms with Gasteiger partial charge in [-0.2, -0.15) is 0 Å². The van der Waals surface area contributed by atoms with E-state index in [9.17, 15) is 4.79 Å². The van der Waals surface area contributed by atoms with Crippen LogP contribution in [-0.4, -0.2) is 20.4 Å². The Morgan fingerprint density at radius 2 is 2.22 bits per heavy atom. The van der Waals surface area contributed by atoms with E-state index >= 15 is 0 Å². The number of amides is 1. The summed E-state index contributed by atoms with van der Waals surface area (Å²) < 4.78 is 2.19. The predicted molar refractivity (Wildman–Crippen MR) is 88.1 cm³/mol. The first-order valence-corrected chi connectivity index (χ1v) is 7.86. The molecule has 1 saturated carbocycles. The summed E-state index contributed by atoms with van der Waals surface area (Å²) in [6, 6.07) is 9.70. The normalized spacial score (nSPS) is 14.1. The number of imidazole rings is 1. The number of aromatic nitrogens is 3. The van der Waals surface area contributed by atoms with Crippen molar-refractivity contribution >= 4 is 16.9 Å². The highest BCUT2D eigenvalue weighted by Gasteiger charge is 2.28. The molecular weight excluding hydrogens is 288 g/mol. The number of hydrogen-bond acceptors (Lipinski definition) is 3. The predicted octanol–water partition coefficient (Wildman–Crippen LogP) is 2.78. The second-order valence-corrected chi connectivity index (χ2v) is 6.05. The molecule has 0 unspecified atom stereocenters. The highest BCUT2D eigenvalue weighted by molar-refractivity contribution is 5.93. The average molecular weight is 306 g/mol. The zero-order chi connectivity index (χ0) is 15.8. The van der Waals surface area contributed by atoms with Crippen LogP contribution in [-0.2, 0) is 13.6 Å². The van der Waals surface area contributed by atoms with Gasteiger partial charge in [0.1, 0.15) is 5.82 Å². The summed E-state index contributed by atoms with van der Waals surface area (Å²) >= 11 is 0. The monoisotopic (exact) mass is 306 g/mol. The lowest BCUT2D eigenvalue weighted by Gasteiger charge is -2.05. The van der Waals surface area contributed by atoms with E-state index in [1.807, 2.05) is 6.07 Å². The molecule has 0 bridgehead atoms. The van der Waals surface area contributed by atoms with Crippen LogP contribution in [0.2, 0.25) is 0 Å². The van der Waals surface area contributed by atoms with Crippen LogP contribution in [0.5, 0.6) is 0 Å². The van der Waals surface area contributed by atoms with Crippen molar-refractivity contribution in [2.45, 2.75) is 25.3 Å². The molecule has 4 rings (SSSR count). The highest BCUT2D eigenvalue weighted by atomic mass is 16.1. The smallest absolute Gasteiger partial charge is 0.253 e. The molecule has 23 heavy (non-hydrogen) atoms. The lowest BCUT2D eigenvalue weighted by atomic mass is 10.2. The molecule has 0 saturated heterocycles. The number of benzene rings is 1. The number of carbonyl (C=O) groups excluding carboxylic acids is 1. The Balaban J connectivity index is 1.52. The molecule has 1 aliphatic rings. The lowest BCUT2D eigenvalue weighted by Crippen LogP contribution is -2.22. The number of nitrogens with zero attached hydrogens (tertiary/aromatic N) is 3. The van der Waals surface area contributed by atoms with Crippen LogP contribution in [0.15, 0.2) is 42.7 Å². The fourth-order valence-electron chi connectivity index (χ4n) is 2.86. The van der Waals surface area contributed by atoms with Gasteiger partial charge in [0.25, 0.3) is 5.91 Å². The van der Waals surface area contributed by atoms with Gasteiger partial charge in [0.05, 0.1) is 16.6 Å². The van der Waals surface area contributed by atoms with E-state index in [0.29, 0.717) is 18.0 Å². The van der Waals surface area contributed by atoms with Gasteiger partial charge in [-0.05, 0) is 42.7 Å². The third-order valence-electron chi connectivity index (χ3n) is 4.30. The molecule has 5 heteroatoms.